The highest BCUT2D eigenvalue weighted by molar-refractivity contribution is 5.67. The zero-order valence-electron chi connectivity index (χ0n) is 23.0. The molecule has 0 aromatic carbocycles. The van der Waals surface area contributed by atoms with Gasteiger partial charge < -0.3 is 18.9 Å². The summed E-state index contributed by atoms with van der Waals surface area (Å²) < 4.78 is 21.2. The molecule has 0 rings (SSSR count). The second kappa shape index (κ2) is 18.2. The van der Waals surface area contributed by atoms with E-state index in [0.717, 1.165) is 23.1 Å². The highest BCUT2D eigenvalue weighted by Crippen LogP contribution is 2.20. The number of carbonyl (C=O) groups excluding carboxylic acids is 4. The van der Waals surface area contributed by atoms with E-state index in [1.807, 2.05) is 52.0 Å². The number of ether oxygens (including phenoxy) is 4. The molecule has 36 heavy (non-hydrogen) atoms. The molecule has 0 aromatic rings. The van der Waals surface area contributed by atoms with Gasteiger partial charge in [0.05, 0.1) is 0 Å². The van der Waals surface area contributed by atoms with Gasteiger partial charge in [-0.1, -0.05) is 29.4 Å². The van der Waals surface area contributed by atoms with E-state index in [-0.39, 0.29) is 19.2 Å². The minimum Gasteiger partial charge on any atom is -0.462 e. The van der Waals surface area contributed by atoms with Gasteiger partial charge >= 0.3 is 23.9 Å². The molecule has 0 aliphatic heterocycles. The Morgan fingerprint density at radius 3 is 1.72 bits per heavy atom. The van der Waals surface area contributed by atoms with Crippen LogP contribution in [0.15, 0.2) is 46.6 Å². The van der Waals surface area contributed by atoms with Crippen LogP contribution in [0.4, 0.5) is 0 Å². The molecule has 0 spiro atoms. The van der Waals surface area contributed by atoms with Crippen molar-refractivity contribution in [2.75, 3.05) is 13.2 Å². The predicted octanol–water partition coefficient (Wildman–Crippen LogP) is 5.32. The lowest BCUT2D eigenvalue weighted by molar-refractivity contribution is -0.145. The number of allylic oxidation sites excluding steroid dienone is 3. The van der Waals surface area contributed by atoms with Crippen LogP contribution < -0.4 is 0 Å². The SMILES string of the molecule is CC(=O)OC/C=C(\C)CC/C=C(\C)C(C/C=C(\COC(C)=O)C(CC=C(C)C)OC(C)=O)OC(C)=O. The Hall–Kier alpha value is -3.16. The number of esters is 4. The summed E-state index contributed by atoms with van der Waals surface area (Å²) in [6.07, 6.45) is 8.72. The van der Waals surface area contributed by atoms with Crippen LogP contribution in [0, 0.1) is 0 Å². The second-order valence-electron chi connectivity index (χ2n) is 8.85. The van der Waals surface area contributed by atoms with E-state index < -0.39 is 30.1 Å². The molecule has 2 unspecified atom stereocenters. The fourth-order valence-electron chi connectivity index (χ4n) is 3.13. The van der Waals surface area contributed by atoms with Crippen molar-refractivity contribution in [3.05, 3.63) is 46.6 Å². The summed E-state index contributed by atoms with van der Waals surface area (Å²) in [5.74, 6) is -1.63. The van der Waals surface area contributed by atoms with E-state index in [1.165, 1.54) is 27.7 Å². The molecule has 0 aliphatic rings. The molecule has 0 heterocycles. The van der Waals surface area contributed by atoms with Crippen LogP contribution in [-0.4, -0.2) is 49.3 Å². The third-order valence-electron chi connectivity index (χ3n) is 5.04. The van der Waals surface area contributed by atoms with Crippen molar-refractivity contribution >= 4 is 23.9 Å². The molecule has 0 bridgehead atoms. The Balaban J connectivity index is 5.68. The van der Waals surface area contributed by atoms with Gasteiger partial charge in [0, 0.05) is 46.1 Å². The number of hydrogen-bond acceptors (Lipinski definition) is 8. The van der Waals surface area contributed by atoms with E-state index in [0.29, 0.717) is 24.8 Å². The standard InChI is InChI=1S/C28H42O8/c1-19(2)12-14-28(36-25(8)32)26(18-34-23(6)30)13-15-27(35-24(7)31)21(4)11-9-10-20(3)16-17-33-22(5)29/h11-13,16,27-28H,9-10,14-15,17-18H2,1-8H3/b20-16+,21-11+,26-13+. The average Bonchev–Trinajstić information content (AvgIpc) is 2.74. The Morgan fingerprint density at radius 2 is 1.19 bits per heavy atom. The topological polar surface area (TPSA) is 105 Å². The van der Waals surface area contributed by atoms with E-state index in [9.17, 15) is 19.2 Å². The maximum absolute atomic E-state index is 11.8. The first-order valence-corrected chi connectivity index (χ1v) is 12.1. The molecule has 8 heteroatoms. The van der Waals surface area contributed by atoms with Gasteiger partial charge in [0.25, 0.3) is 0 Å². The molecule has 0 saturated carbocycles. The number of rotatable bonds is 15. The summed E-state index contributed by atoms with van der Waals surface area (Å²) in [6, 6.07) is 0. The zero-order valence-corrected chi connectivity index (χ0v) is 23.0. The molecule has 0 amide bonds. The van der Waals surface area contributed by atoms with Crippen LogP contribution in [0.5, 0.6) is 0 Å². The Kier molecular flexibility index (Phi) is 16.6. The Bertz CT molecular complexity index is 872. The van der Waals surface area contributed by atoms with Gasteiger partial charge in [-0.15, -0.1) is 0 Å². The molecule has 202 valence electrons. The molecule has 0 fully saturated rings. The smallest absolute Gasteiger partial charge is 0.303 e. The maximum Gasteiger partial charge on any atom is 0.303 e. The lowest BCUT2D eigenvalue weighted by Crippen LogP contribution is -2.23. The van der Waals surface area contributed by atoms with Crippen molar-refractivity contribution in [3.8, 4) is 0 Å². The van der Waals surface area contributed by atoms with Gasteiger partial charge in [-0.05, 0) is 52.2 Å². The summed E-state index contributed by atoms with van der Waals surface area (Å²) in [5, 5.41) is 0. The molecule has 0 radical (unpaired) electrons. The first-order valence-electron chi connectivity index (χ1n) is 12.1. The molecule has 0 N–H and O–H groups in total. The van der Waals surface area contributed by atoms with Crippen molar-refractivity contribution < 1.29 is 38.1 Å². The fraction of sp³-hybridized carbons (Fsp3) is 0.571. The monoisotopic (exact) mass is 506 g/mol. The first-order chi connectivity index (χ1) is 16.8. The summed E-state index contributed by atoms with van der Waals surface area (Å²) >= 11 is 0. The van der Waals surface area contributed by atoms with Gasteiger partial charge in [0.15, 0.2) is 0 Å². The van der Waals surface area contributed by atoms with Gasteiger partial charge in [0.1, 0.15) is 25.4 Å². The van der Waals surface area contributed by atoms with Crippen molar-refractivity contribution in [2.45, 2.75) is 93.3 Å². The van der Waals surface area contributed by atoms with Crippen LogP contribution in [0.3, 0.4) is 0 Å². The molecular formula is C28H42O8. The van der Waals surface area contributed by atoms with E-state index in [4.69, 9.17) is 18.9 Å². The molecule has 2 atom stereocenters. The fourth-order valence-corrected chi connectivity index (χ4v) is 3.13. The minimum atomic E-state index is -0.607. The lowest BCUT2D eigenvalue weighted by Gasteiger charge is -2.21. The quantitative estimate of drug-likeness (QED) is 0.167. The van der Waals surface area contributed by atoms with Crippen LogP contribution in [0.2, 0.25) is 0 Å². The average molecular weight is 507 g/mol. The first kappa shape index (κ1) is 32.8. The maximum atomic E-state index is 11.8. The molecule has 8 nitrogen and oxygen atoms in total. The van der Waals surface area contributed by atoms with E-state index in [2.05, 4.69) is 0 Å². The molecule has 0 aromatic heterocycles. The molecule has 0 aliphatic carbocycles. The summed E-state index contributed by atoms with van der Waals surface area (Å²) in [6.45, 7) is 13.3. The van der Waals surface area contributed by atoms with Gasteiger partial charge in [-0.25, -0.2) is 0 Å². The molecule has 0 saturated heterocycles. The predicted molar refractivity (Wildman–Crippen MR) is 138 cm³/mol. The van der Waals surface area contributed by atoms with Crippen molar-refractivity contribution in [2.24, 2.45) is 0 Å². The van der Waals surface area contributed by atoms with Crippen molar-refractivity contribution in [1.82, 2.24) is 0 Å². The van der Waals surface area contributed by atoms with Crippen LogP contribution in [-0.2, 0) is 38.1 Å². The Labute approximate surface area is 215 Å². The van der Waals surface area contributed by atoms with Gasteiger partial charge in [0.2, 0.25) is 0 Å². The third-order valence-corrected chi connectivity index (χ3v) is 5.04. The van der Waals surface area contributed by atoms with E-state index in [1.54, 1.807) is 0 Å². The van der Waals surface area contributed by atoms with Crippen molar-refractivity contribution in [3.63, 3.8) is 0 Å². The highest BCUT2D eigenvalue weighted by Gasteiger charge is 2.20. The van der Waals surface area contributed by atoms with Crippen LogP contribution in [0.25, 0.3) is 0 Å². The summed E-state index contributed by atoms with van der Waals surface area (Å²) in [5.41, 5.74) is 3.63. The highest BCUT2D eigenvalue weighted by atomic mass is 16.6. The van der Waals surface area contributed by atoms with E-state index >= 15 is 0 Å². The Morgan fingerprint density at radius 1 is 0.639 bits per heavy atom. The number of carbonyl (C=O) groups is 4. The van der Waals surface area contributed by atoms with Gasteiger partial charge in [-0.2, -0.15) is 0 Å². The normalized spacial score (nSPS) is 13.8. The third kappa shape index (κ3) is 17.3. The zero-order chi connectivity index (χ0) is 27.7. The van der Waals surface area contributed by atoms with Crippen molar-refractivity contribution in [1.29, 1.82) is 0 Å². The number of hydrogen-bond donors (Lipinski definition) is 0. The minimum absolute atomic E-state index is 0.0360. The molecular weight excluding hydrogens is 464 g/mol. The van der Waals surface area contributed by atoms with Crippen LogP contribution >= 0.6 is 0 Å². The summed E-state index contributed by atoms with van der Waals surface area (Å²) in [7, 11) is 0. The van der Waals surface area contributed by atoms with Gasteiger partial charge in [-0.3, -0.25) is 19.2 Å². The van der Waals surface area contributed by atoms with Crippen LogP contribution in [0.1, 0.15) is 81.1 Å². The largest absolute Gasteiger partial charge is 0.462 e. The lowest BCUT2D eigenvalue weighted by atomic mass is 10.00. The summed E-state index contributed by atoms with van der Waals surface area (Å²) in [4.78, 5) is 45.8. The second-order valence-corrected chi connectivity index (χ2v) is 8.85.